The fourth-order valence-electron chi connectivity index (χ4n) is 2.98. The van der Waals surface area contributed by atoms with Crippen molar-refractivity contribution in [1.82, 2.24) is 9.55 Å². The Morgan fingerprint density at radius 1 is 0.913 bits per heavy atom. The van der Waals surface area contributed by atoms with Crippen molar-refractivity contribution in [2.45, 2.75) is 13.3 Å². The van der Waals surface area contributed by atoms with Gasteiger partial charge < -0.3 is 4.57 Å². The standard InChI is InChI=1S/C21H18N2/c1-2-16-5-7-17(8-6-16)18-9-10-21-19(14-18)11-13-23(21)20-4-3-12-22-15-20/h3-15H,2H2,1H3. The molecule has 0 saturated heterocycles. The zero-order valence-corrected chi connectivity index (χ0v) is 13.1. The molecular formula is C21H18N2. The molecule has 2 heteroatoms. The molecule has 2 nitrogen and oxygen atoms in total. The molecule has 4 rings (SSSR count). The molecule has 2 aromatic carbocycles. The molecule has 0 N–H and O–H groups in total. The van der Waals surface area contributed by atoms with E-state index < -0.39 is 0 Å². The van der Waals surface area contributed by atoms with Crippen molar-refractivity contribution in [3.8, 4) is 16.8 Å². The first-order chi connectivity index (χ1) is 11.3. The predicted molar refractivity (Wildman–Crippen MR) is 95.9 cm³/mol. The van der Waals surface area contributed by atoms with Crippen molar-refractivity contribution in [1.29, 1.82) is 0 Å². The summed E-state index contributed by atoms with van der Waals surface area (Å²) in [7, 11) is 0. The molecule has 0 atom stereocenters. The van der Waals surface area contributed by atoms with Crippen LogP contribution in [0.1, 0.15) is 12.5 Å². The highest BCUT2D eigenvalue weighted by atomic mass is 15.0. The highest BCUT2D eigenvalue weighted by Gasteiger charge is 2.05. The smallest absolute Gasteiger partial charge is 0.0639 e. The zero-order valence-electron chi connectivity index (χ0n) is 13.1. The van der Waals surface area contributed by atoms with Gasteiger partial charge in [-0.1, -0.05) is 37.3 Å². The first kappa shape index (κ1) is 13.8. The summed E-state index contributed by atoms with van der Waals surface area (Å²) in [6.45, 7) is 2.18. The van der Waals surface area contributed by atoms with Crippen molar-refractivity contribution in [2.24, 2.45) is 0 Å². The molecule has 0 aliphatic heterocycles. The molecule has 0 saturated carbocycles. The van der Waals surface area contributed by atoms with E-state index in [1.54, 1.807) is 6.20 Å². The average molecular weight is 298 g/mol. The van der Waals surface area contributed by atoms with E-state index in [4.69, 9.17) is 0 Å². The third-order valence-electron chi connectivity index (χ3n) is 4.31. The van der Waals surface area contributed by atoms with Crippen LogP contribution in [-0.4, -0.2) is 9.55 Å². The van der Waals surface area contributed by atoms with Gasteiger partial charge in [0, 0.05) is 17.8 Å². The van der Waals surface area contributed by atoms with Crippen molar-refractivity contribution < 1.29 is 0 Å². The van der Waals surface area contributed by atoms with E-state index in [-0.39, 0.29) is 0 Å². The largest absolute Gasteiger partial charge is 0.315 e. The molecule has 4 aromatic rings. The van der Waals surface area contributed by atoms with E-state index in [0.717, 1.165) is 12.1 Å². The van der Waals surface area contributed by atoms with Crippen LogP contribution in [0.2, 0.25) is 0 Å². The molecule has 2 aromatic heterocycles. The normalized spacial score (nSPS) is 11.0. The van der Waals surface area contributed by atoms with Gasteiger partial charge in [-0.2, -0.15) is 0 Å². The number of aryl methyl sites for hydroxylation is 1. The Bertz CT molecular complexity index is 935. The summed E-state index contributed by atoms with van der Waals surface area (Å²) in [6, 6.07) is 21.7. The monoisotopic (exact) mass is 298 g/mol. The van der Waals surface area contributed by atoms with E-state index in [1.807, 2.05) is 12.3 Å². The quantitative estimate of drug-likeness (QED) is 0.505. The van der Waals surface area contributed by atoms with Crippen LogP contribution in [0.25, 0.3) is 27.7 Å². The maximum Gasteiger partial charge on any atom is 0.0639 e. The van der Waals surface area contributed by atoms with Crippen LogP contribution in [0.15, 0.2) is 79.3 Å². The fourth-order valence-corrected chi connectivity index (χ4v) is 2.98. The second-order valence-electron chi connectivity index (χ2n) is 5.72. The number of benzene rings is 2. The van der Waals surface area contributed by atoms with Crippen LogP contribution in [0.4, 0.5) is 0 Å². The number of rotatable bonds is 3. The highest BCUT2D eigenvalue weighted by Crippen LogP contribution is 2.27. The summed E-state index contributed by atoms with van der Waals surface area (Å²) >= 11 is 0. The lowest BCUT2D eigenvalue weighted by Gasteiger charge is -2.07. The number of pyridine rings is 1. The van der Waals surface area contributed by atoms with Gasteiger partial charge in [-0.25, -0.2) is 0 Å². The van der Waals surface area contributed by atoms with Gasteiger partial charge in [-0.15, -0.1) is 0 Å². The van der Waals surface area contributed by atoms with Gasteiger partial charge in [0.1, 0.15) is 0 Å². The molecule has 0 fully saturated rings. The lowest BCUT2D eigenvalue weighted by atomic mass is 10.0. The Morgan fingerprint density at radius 3 is 2.48 bits per heavy atom. The maximum atomic E-state index is 4.21. The SMILES string of the molecule is CCc1ccc(-c2ccc3c(ccn3-c3cccnc3)c2)cc1. The predicted octanol–water partition coefficient (Wildman–Crippen LogP) is 5.25. The lowest BCUT2D eigenvalue weighted by Crippen LogP contribution is -1.91. The molecular weight excluding hydrogens is 280 g/mol. The molecule has 2 heterocycles. The van der Waals surface area contributed by atoms with Crippen LogP contribution in [-0.2, 0) is 6.42 Å². The Kier molecular flexibility index (Phi) is 3.43. The Labute approximate surface area is 136 Å². The third-order valence-corrected chi connectivity index (χ3v) is 4.31. The van der Waals surface area contributed by atoms with Gasteiger partial charge in [-0.3, -0.25) is 4.98 Å². The van der Waals surface area contributed by atoms with Crippen molar-refractivity contribution in [3.63, 3.8) is 0 Å². The van der Waals surface area contributed by atoms with E-state index in [9.17, 15) is 0 Å². The molecule has 0 aliphatic rings. The number of hydrogen-bond donors (Lipinski definition) is 0. The topological polar surface area (TPSA) is 17.8 Å². The summed E-state index contributed by atoms with van der Waals surface area (Å²) in [4.78, 5) is 4.21. The van der Waals surface area contributed by atoms with Gasteiger partial charge >= 0.3 is 0 Å². The second-order valence-corrected chi connectivity index (χ2v) is 5.72. The molecule has 0 aliphatic carbocycles. The van der Waals surface area contributed by atoms with Gasteiger partial charge in [0.2, 0.25) is 0 Å². The number of nitrogens with zero attached hydrogens (tertiary/aromatic N) is 2. The van der Waals surface area contributed by atoms with Crippen molar-refractivity contribution >= 4 is 10.9 Å². The summed E-state index contributed by atoms with van der Waals surface area (Å²) in [5.41, 5.74) is 6.18. The molecule has 0 spiro atoms. The lowest BCUT2D eigenvalue weighted by molar-refractivity contribution is 1.10. The molecule has 0 bridgehead atoms. The molecule has 0 radical (unpaired) electrons. The van der Waals surface area contributed by atoms with Crippen molar-refractivity contribution in [3.05, 3.63) is 84.8 Å². The second kappa shape index (κ2) is 5.73. The Hall–Kier alpha value is -2.87. The van der Waals surface area contributed by atoms with E-state index in [0.29, 0.717) is 0 Å². The van der Waals surface area contributed by atoms with E-state index in [1.165, 1.54) is 27.6 Å². The zero-order chi connectivity index (χ0) is 15.6. The Morgan fingerprint density at radius 2 is 1.74 bits per heavy atom. The third kappa shape index (κ3) is 2.53. The van der Waals surface area contributed by atoms with E-state index >= 15 is 0 Å². The first-order valence-electron chi connectivity index (χ1n) is 7.96. The van der Waals surface area contributed by atoms with Gasteiger partial charge in [-0.05, 0) is 53.4 Å². The number of fused-ring (bicyclic) bond motifs is 1. The van der Waals surface area contributed by atoms with Gasteiger partial charge in [0.15, 0.2) is 0 Å². The van der Waals surface area contributed by atoms with Crippen LogP contribution in [0.3, 0.4) is 0 Å². The highest BCUT2D eigenvalue weighted by molar-refractivity contribution is 5.87. The summed E-state index contributed by atoms with van der Waals surface area (Å²) in [5.74, 6) is 0. The summed E-state index contributed by atoms with van der Waals surface area (Å²) < 4.78 is 2.17. The molecule has 0 amide bonds. The van der Waals surface area contributed by atoms with Gasteiger partial charge in [0.25, 0.3) is 0 Å². The van der Waals surface area contributed by atoms with E-state index in [2.05, 4.69) is 77.3 Å². The van der Waals surface area contributed by atoms with Crippen LogP contribution in [0, 0.1) is 0 Å². The Balaban J connectivity index is 1.77. The number of hydrogen-bond acceptors (Lipinski definition) is 1. The van der Waals surface area contributed by atoms with Gasteiger partial charge in [0.05, 0.1) is 17.4 Å². The summed E-state index contributed by atoms with van der Waals surface area (Å²) in [6.07, 6.45) is 6.86. The van der Waals surface area contributed by atoms with Crippen LogP contribution >= 0.6 is 0 Å². The molecule has 112 valence electrons. The molecule has 0 unspecified atom stereocenters. The minimum atomic E-state index is 1.08. The average Bonchev–Trinajstić information content (AvgIpc) is 3.06. The molecule has 23 heavy (non-hydrogen) atoms. The first-order valence-corrected chi connectivity index (χ1v) is 7.96. The minimum Gasteiger partial charge on any atom is -0.315 e. The van der Waals surface area contributed by atoms with Crippen LogP contribution in [0.5, 0.6) is 0 Å². The fraction of sp³-hybridized carbons (Fsp3) is 0.0952. The van der Waals surface area contributed by atoms with Crippen LogP contribution < -0.4 is 0 Å². The van der Waals surface area contributed by atoms with Crippen molar-refractivity contribution in [2.75, 3.05) is 0 Å². The summed E-state index contributed by atoms with van der Waals surface area (Å²) in [5, 5.41) is 1.24. The minimum absolute atomic E-state index is 1.08. The maximum absolute atomic E-state index is 4.21. The number of aromatic nitrogens is 2.